The lowest BCUT2D eigenvalue weighted by atomic mass is 9.44. The highest BCUT2D eigenvalue weighted by molar-refractivity contribution is 5.80. The molecule has 0 aliphatic heterocycles. The van der Waals surface area contributed by atoms with E-state index in [1.807, 2.05) is 0 Å². The van der Waals surface area contributed by atoms with Crippen LogP contribution in [0.2, 0.25) is 0 Å². The van der Waals surface area contributed by atoms with Crippen LogP contribution in [0.15, 0.2) is 0 Å². The Labute approximate surface area is 115 Å². The zero-order valence-electron chi connectivity index (χ0n) is 12.2. The van der Waals surface area contributed by atoms with Crippen LogP contribution < -0.4 is 5.73 Å². The van der Waals surface area contributed by atoms with Crippen LogP contribution in [0, 0.1) is 29.1 Å². The fourth-order valence-electron chi connectivity index (χ4n) is 5.83. The van der Waals surface area contributed by atoms with Gasteiger partial charge < -0.3 is 10.8 Å². The molecule has 4 aliphatic rings. The van der Waals surface area contributed by atoms with Crippen molar-refractivity contribution in [3.05, 3.63) is 0 Å². The van der Waals surface area contributed by atoms with Crippen molar-refractivity contribution in [1.29, 1.82) is 0 Å². The Hall–Kier alpha value is -0.570. The molecule has 3 nitrogen and oxygen atoms in total. The van der Waals surface area contributed by atoms with E-state index in [1.54, 1.807) is 0 Å². The molecule has 3 N–H and O–H groups in total. The van der Waals surface area contributed by atoms with Crippen LogP contribution in [0.1, 0.15) is 58.8 Å². The summed E-state index contributed by atoms with van der Waals surface area (Å²) in [6.45, 7) is 4.18. The number of carboxylic acids is 1. The van der Waals surface area contributed by atoms with Gasteiger partial charge in [-0.05, 0) is 74.0 Å². The minimum Gasteiger partial charge on any atom is -0.480 e. The monoisotopic (exact) mass is 265 g/mol. The summed E-state index contributed by atoms with van der Waals surface area (Å²) in [5, 5.41) is 9.82. The van der Waals surface area contributed by atoms with E-state index < -0.39 is 11.5 Å². The van der Waals surface area contributed by atoms with Gasteiger partial charge in [0, 0.05) is 0 Å². The summed E-state index contributed by atoms with van der Waals surface area (Å²) < 4.78 is 0. The Bertz CT molecular complexity index is 355. The number of rotatable bonds is 4. The molecule has 0 aromatic rings. The molecule has 108 valence electrons. The van der Waals surface area contributed by atoms with Gasteiger partial charge in [-0.1, -0.05) is 13.8 Å². The molecule has 19 heavy (non-hydrogen) atoms. The van der Waals surface area contributed by atoms with Gasteiger partial charge in [-0.25, -0.2) is 0 Å². The average molecular weight is 265 g/mol. The highest BCUT2D eigenvalue weighted by Crippen LogP contribution is 2.64. The van der Waals surface area contributed by atoms with Gasteiger partial charge in [0.2, 0.25) is 0 Å². The van der Waals surface area contributed by atoms with E-state index in [4.69, 9.17) is 5.73 Å². The SMILES string of the molecule is CC(C)CC(N)(C(=O)O)C12CC3CC(CC(C3)C1)C2. The second-order valence-electron chi connectivity index (χ2n) is 8.07. The van der Waals surface area contributed by atoms with Crippen molar-refractivity contribution < 1.29 is 9.90 Å². The van der Waals surface area contributed by atoms with E-state index in [-0.39, 0.29) is 5.41 Å². The number of hydrogen-bond acceptors (Lipinski definition) is 2. The van der Waals surface area contributed by atoms with Gasteiger partial charge in [0.05, 0.1) is 0 Å². The minimum absolute atomic E-state index is 0.113. The first-order valence-corrected chi connectivity index (χ1v) is 7.87. The highest BCUT2D eigenvalue weighted by atomic mass is 16.4. The Kier molecular flexibility index (Phi) is 2.97. The third-order valence-corrected chi connectivity index (χ3v) is 6.10. The topological polar surface area (TPSA) is 63.3 Å². The van der Waals surface area contributed by atoms with Crippen LogP contribution in [0.3, 0.4) is 0 Å². The summed E-state index contributed by atoms with van der Waals surface area (Å²) in [4.78, 5) is 11.9. The van der Waals surface area contributed by atoms with Gasteiger partial charge >= 0.3 is 5.97 Å². The fourth-order valence-corrected chi connectivity index (χ4v) is 5.83. The van der Waals surface area contributed by atoms with Crippen LogP contribution >= 0.6 is 0 Å². The van der Waals surface area contributed by atoms with Gasteiger partial charge in [0.1, 0.15) is 5.54 Å². The van der Waals surface area contributed by atoms with E-state index in [1.165, 1.54) is 19.3 Å². The van der Waals surface area contributed by atoms with Crippen molar-refractivity contribution in [2.75, 3.05) is 0 Å². The van der Waals surface area contributed by atoms with Crippen LogP contribution in [-0.2, 0) is 4.79 Å². The number of carboxylic acid groups (broad SMARTS) is 1. The Balaban J connectivity index is 1.95. The standard InChI is InChI=1S/C16H27NO2/c1-10(2)6-16(17,14(18)19)15-7-11-3-12(8-15)5-13(4-11)9-15/h10-13H,3-9,17H2,1-2H3,(H,18,19). The van der Waals surface area contributed by atoms with E-state index in [0.29, 0.717) is 12.3 Å². The second-order valence-corrected chi connectivity index (χ2v) is 8.07. The van der Waals surface area contributed by atoms with E-state index in [0.717, 1.165) is 37.0 Å². The van der Waals surface area contributed by atoms with Crippen molar-refractivity contribution >= 4 is 5.97 Å². The maximum absolute atomic E-state index is 11.9. The molecule has 3 heteroatoms. The predicted molar refractivity (Wildman–Crippen MR) is 74.6 cm³/mol. The summed E-state index contributed by atoms with van der Waals surface area (Å²) in [6.07, 6.45) is 7.80. The normalized spacial score (nSPS) is 43.5. The Morgan fingerprint density at radius 1 is 1.21 bits per heavy atom. The van der Waals surface area contributed by atoms with Gasteiger partial charge in [0.25, 0.3) is 0 Å². The molecule has 0 aromatic carbocycles. The van der Waals surface area contributed by atoms with Crippen molar-refractivity contribution in [3.63, 3.8) is 0 Å². The summed E-state index contributed by atoms with van der Waals surface area (Å²) in [5.74, 6) is 1.83. The lowest BCUT2D eigenvalue weighted by Crippen LogP contribution is -2.66. The van der Waals surface area contributed by atoms with Crippen molar-refractivity contribution in [3.8, 4) is 0 Å². The number of carbonyl (C=O) groups is 1. The van der Waals surface area contributed by atoms with Crippen molar-refractivity contribution in [2.24, 2.45) is 34.8 Å². The lowest BCUT2D eigenvalue weighted by Gasteiger charge is -2.61. The molecule has 0 saturated heterocycles. The minimum atomic E-state index is -1.00. The highest BCUT2D eigenvalue weighted by Gasteiger charge is 2.62. The summed E-state index contributed by atoms with van der Waals surface area (Å²) in [5.41, 5.74) is 5.43. The Morgan fingerprint density at radius 3 is 1.95 bits per heavy atom. The van der Waals surface area contributed by atoms with E-state index in [9.17, 15) is 9.90 Å². The maximum Gasteiger partial charge on any atom is 0.324 e. The van der Waals surface area contributed by atoms with Gasteiger partial charge in [-0.3, -0.25) is 4.79 Å². The molecule has 1 atom stereocenters. The molecule has 4 bridgehead atoms. The van der Waals surface area contributed by atoms with Crippen molar-refractivity contribution in [1.82, 2.24) is 0 Å². The summed E-state index contributed by atoms with van der Waals surface area (Å²) in [6, 6.07) is 0. The van der Waals surface area contributed by atoms with Crippen LogP contribution in [0.25, 0.3) is 0 Å². The van der Waals surface area contributed by atoms with E-state index >= 15 is 0 Å². The molecule has 4 fully saturated rings. The largest absolute Gasteiger partial charge is 0.480 e. The molecular weight excluding hydrogens is 238 g/mol. The zero-order chi connectivity index (χ0) is 13.8. The number of nitrogens with two attached hydrogens (primary N) is 1. The molecule has 0 amide bonds. The zero-order valence-corrected chi connectivity index (χ0v) is 12.2. The van der Waals surface area contributed by atoms with Crippen molar-refractivity contribution in [2.45, 2.75) is 64.3 Å². The Morgan fingerprint density at radius 2 is 1.63 bits per heavy atom. The third kappa shape index (κ3) is 1.93. The first-order valence-electron chi connectivity index (χ1n) is 7.87. The summed E-state index contributed by atoms with van der Waals surface area (Å²) >= 11 is 0. The first-order chi connectivity index (χ1) is 8.84. The molecule has 0 spiro atoms. The van der Waals surface area contributed by atoms with Crippen LogP contribution in [0.4, 0.5) is 0 Å². The molecular formula is C16H27NO2. The fraction of sp³-hybridized carbons (Fsp3) is 0.938. The molecule has 4 rings (SSSR count). The van der Waals surface area contributed by atoms with Crippen LogP contribution in [-0.4, -0.2) is 16.6 Å². The number of hydrogen-bond donors (Lipinski definition) is 2. The predicted octanol–water partition coefficient (Wildman–Crippen LogP) is 3.03. The average Bonchev–Trinajstić information content (AvgIpc) is 2.25. The summed E-state index contributed by atoms with van der Waals surface area (Å²) in [7, 11) is 0. The lowest BCUT2D eigenvalue weighted by molar-refractivity contribution is -0.164. The van der Waals surface area contributed by atoms with Gasteiger partial charge in [-0.15, -0.1) is 0 Å². The first kappa shape index (κ1) is 13.4. The molecule has 0 heterocycles. The molecule has 1 unspecified atom stereocenters. The van der Waals surface area contributed by atoms with Gasteiger partial charge in [0.15, 0.2) is 0 Å². The van der Waals surface area contributed by atoms with Gasteiger partial charge in [-0.2, -0.15) is 0 Å². The smallest absolute Gasteiger partial charge is 0.324 e. The molecule has 0 radical (unpaired) electrons. The van der Waals surface area contributed by atoms with Crippen LogP contribution in [0.5, 0.6) is 0 Å². The molecule has 4 saturated carbocycles. The maximum atomic E-state index is 11.9. The molecule has 0 aromatic heterocycles. The number of aliphatic carboxylic acids is 1. The quantitative estimate of drug-likeness (QED) is 0.821. The molecule has 4 aliphatic carbocycles. The van der Waals surface area contributed by atoms with E-state index in [2.05, 4.69) is 13.8 Å². The second kappa shape index (κ2) is 4.21. The third-order valence-electron chi connectivity index (χ3n) is 6.10.